The monoisotopic (exact) mass is 408 g/mol. The second-order valence-electron chi connectivity index (χ2n) is 7.69. The minimum Gasteiger partial charge on any atom is -0.348 e. The predicted molar refractivity (Wildman–Crippen MR) is 120 cm³/mol. The molecule has 2 aromatic carbocycles. The summed E-state index contributed by atoms with van der Waals surface area (Å²) in [7, 11) is 0. The zero-order chi connectivity index (χ0) is 21.3. The van der Waals surface area contributed by atoms with Crippen molar-refractivity contribution in [2.75, 3.05) is 38.0 Å². The summed E-state index contributed by atoms with van der Waals surface area (Å²) in [6.45, 7) is 11.1. The molecule has 0 unspecified atom stereocenters. The molecule has 3 rings (SSSR count). The fraction of sp³-hybridized carbons (Fsp3) is 0.417. The summed E-state index contributed by atoms with van der Waals surface area (Å²) in [5, 5.41) is 5.73. The lowest BCUT2D eigenvalue weighted by Gasteiger charge is -2.34. The Hall–Kier alpha value is -2.70. The lowest BCUT2D eigenvalue weighted by Crippen LogP contribution is -2.45. The summed E-state index contributed by atoms with van der Waals surface area (Å²) in [5.41, 5.74) is 3.54. The van der Waals surface area contributed by atoms with Crippen LogP contribution in [0.15, 0.2) is 48.5 Å². The molecule has 0 saturated carbocycles. The molecule has 30 heavy (non-hydrogen) atoms. The van der Waals surface area contributed by atoms with Crippen LogP contribution in [0.1, 0.15) is 41.8 Å². The largest absolute Gasteiger partial charge is 0.348 e. The maximum atomic E-state index is 12.5. The Labute approximate surface area is 179 Å². The van der Waals surface area contributed by atoms with Crippen molar-refractivity contribution in [1.82, 2.24) is 15.1 Å². The molecule has 0 bridgehead atoms. The van der Waals surface area contributed by atoms with Gasteiger partial charge in [-0.1, -0.05) is 44.2 Å². The van der Waals surface area contributed by atoms with Gasteiger partial charge in [-0.05, 0) is 35.9 Å². The van der Waals surface area contributed by atoms with E-state index in [-0.39, 0.29) is 11.8 Å². The lowest BCUT2D eigenvalue weighted by atomic mass is 10.1. The molecule has 160 valence electrons. The highest BCUT2D eigenvalue weighted by atomic mass is 16.2. The van der Waals surface area contributed by atoms with Crippen LogP contribution < -0.4 is 10.6 Å². The standard InChI is InChI=1S/C24H32N4O2/c1-3-23(29)26-22-7-5-6-21(16-22)24(30)25-17-19-8-10-20(11-9-19)18-28-14-12-27(4-2)13-15-28/h5-11,16H,3-4,12-15,17-18H2,1-2H3,(H,25,30)(H,26,29). The Balaban J connectivity index is 1.48. The molecule has 0 radical (unpaired) electrons. The van der Waals surface area contributed by atoms with E-state index in [4.69, 9.17) is 0 Å². The molecule has 6 heteroatoms. The van der Waals surface area contributed by atoms with Crippen molar-refractivity contribution in [3.63, 3.8) is 0 Å². The second kappa shape index (κ2) is 10.9. The number of carbonyl (C=O) groups is 2. The van der Waals surface area contributed by atoms with Gasteiger partial charge in [-0.25, -0.2) is 0 Å². The highest BCUT2D eigenvalue weighted by molar-refractivity contribution is 5.97. The van der Waals surface area contributed by atoms with Crippen LogP contribution >= 0.6 is 0 Å². The number of nitrogens with one attached hydrogen (secondary N) is 2. The van der Waals surface area contributed by atoms with Gasteiger partial charge in [-0.2, -0.15) is 0 Å². The van der Waals surface area contributed by atoms with Gasteiger partial charge in [0.05, 0.1) is 0 Å². The Kier molecular flexibility index (Phi) is 7.99. The molecule has 2 N–H and O–H groups in total. The molecule has 6 nitrogen and oxygen atoms in total. The number of amides is 2. The first-order valence-corrected chi connectivity index (χ1v) is 10.8. The Morgan fingerprint density at radius 1 is 0.900 bits per heavy atom. The van der Waals surface area contributed by atoms with Crippen molar-refractivity contribution in [1.29, 1.82) is 0 Å². The van der Waals surface area contributed by atoms with Crippen LogP contribution in [0.4, 0.5) is 5.69 Å². The molecule has 0 spiro atoms. The number of hydrogen-bond acceptors (Lipinski definition) is 4. The molecule has 1 heterocycles. The topological polar surface area (TPSA) is 64.7 Å². The third-order valence-electron chi connectivity index (χ3n) is 5.52. The fourth-order valence-corrected chi connectivity index (χ4v) is 3.56. The zero-order valence-electron chi connectivity index (χ0n) is 18.0. The van der Waals surface area contributed by atoms with Gasteiger partial charge >= 0.3 is 0 Å². The molecular formula is C24H32N4O2. The van der Waals surface area contributed by atoms with E-state index >= 15 is 0 Å². The molecule has 0 atom stereocenters. The van der Waals surface area contributed by atoms with E-state index in [1.165, 1.54) is 5.56 Å². The number of piperazine rings is 1. The van der Waals surface area contributed by atoms with E-state index in [1.54, 1.807) is 31.2 Å². The number of rotatable bonds is 8. The SMILES string of the molecule is CCC(=O)Nc1cccc(C(=O)NCc2ccc(CN3CCN(CC)CC3)cc2)c1. The van der Waals surface area contributed by atoms with Crippen LogP contribution in [0.5, 0.6) is 0 Å². The molecular weight excluding hydrogens is 376 g/mol. The Bertz CT molecular complexity index is 843. The lowest BCUT2D eigenvalue weighted by molar-refractivity contribution is -0.115. The summed E-state index contributed by atoms with van der Waals surface area (Å²) in [6, 6.07) is 15.5. The van der Waals surface area contributed by atoms with E-state index in [1.807, 2.05) is 0 Å². The van der Waals surface area contributed by atoms with E-state index in [9.17, 15) is 9.59 Å². The van der Waals surface area contributed by atoms with Crippen molar-refractivity contribution >= 4 is 17.5 Å². The molecule has 1 saturated heterocycles. The summed E-state index contributed by atoms with van der Waals surface area (Å²) in [4.78, 5) is 29.0. The van der Waals surface area contributed by atoms with Gasteiger partial charge < -0.3 is 15.5 Å². The Morgan fingerprint density at radius 2 is 1.57 bits per heavy atom. The van der Waals surface area contributed by atoms with E-state index in [0.717, 1.165) is 44.8 Å². The molecule has 2 amide bonds. The molecule has 1 fully saturated rings. The van der Waals surface area contributed by atoms with Gasteiger partial charge in [0.2, 0.25) is 5.91 Å². The van der Waals surface area contributed by atoms with Crippen LogP contribution in [-0.2, 0) is 17.9 Å². The normalized spacial score (nSPS) is 15.0. The highest BCUT2D eigenvalue weighted by Crippen LogP contribution is 2.13. The number of carbonyl (C=O) groups excluding carboxylic acids is 2. The highest BCUT2D eigenvalue weighted by Gasteiger charge is 2.15. The van der Waals surface area contributed by atoms with Crippen molar-refractivity contribution in [2.24, 2.45) is 0 Å². The first kappa shape index (κ1) is 22.0. The van der Waals surface area contributed by atoms with Crippen molar-refractivity contribution in [3.8, 4) is 0 Å². The van der Waals surface area contributed by atoms with E-state index in [2.05, 4.69) is 51.6 Å². The van der Waals surface area contributed by atoms with Crippen LogP contribution in [-0.4, -0.2) is 54.3 Å². The smallest absolute Gasteiger partial charge is 0.251 e. The minimum absolute atomic E-state index is 0.0695. The number of anilines is 1. The van der Waals surface area contributed by atoms with E-state index in [0.29, 0.717) is 24.2 Å². The fourth-order valence-electron chi connectivity index (χ4n) is 3.56. The van der Waals surface area contributed by atoms with Crippen molar-refractivity contribution < 1.29 is 9.59 Å². The summed E-state index contributed by atoms with van der Waals surface area (Å²) in [6.07, 6.45) is 0.404. The summed E-state index contributed by atoms with van der Waals surface area (Å²) in [5.74, 6) is -0.222. The van der Waals surface area contributed by atoms with Crippen molar-refractivity contribution in [2.45, 2.75) is 33.4 Å². The third kappa shape index (κ3) is 6.40. The van der Waals surface area contributed by atoms with Crippen LogP contribution in [0.2, 0.25) is 0 Å². The van der Waals surface area contributed by atoms with Gasteiger partial charge in [-0.15, -0.1) is 0 Å². The first-order chi connectivity index (χ1) is 14.6. The molecule has 1 aliphatic heterocycles. The maximum absolute atomic E-state index is 12.5. The van der Waals surface area contributed by atoms with Gasteiger partial charge in [0, 0.05) is 56.9 Å². The number of nitrogens with zero attached hydrogens (tertiary/aromatic N) is 2. The van der Waals surface area contributed by atoms with Crippen molar-refractivity contribution in [3.05, 3.63) is 65.2 Å². The average Bonchev–Trinajstić information content (AvgIpc) is 2.79. The molecule has 0 aliphatic carbocycles. The molecule has 1 aliphatic rings. The second-order valence-corrected chi connectivity index (χ2v) is 7.69. The van der Waals surface area contributed by atoms with Crippen LogP contribution in [0, 0.1) is 0 Å². The summed E-state index contributed by atoms with van der Waals surface area (Å²) < 4.78 is 0. The van der Waals surface area contributed by atoms with Crippen LogP contribution in [0.25, 0.3) is 0 Å². The third-order valence-corrected chi connectivity index (χ3v) is 5.52. The quantitative estimate of drug-likeness (QED) is 0.705. The van der Waals surface area contributed by atoms with E-state index < -0.39 is 0 Å². The molecule has 0 aromatic heterocycles. The van der Waals surface area contributed by atoms with Crippen LogP contribution in [0.3, 0.4) is 0 Å². The van der Waals surface area contributed by atoms with Gasteiger partial charge in [0.15, 0.2) is 0 Å². The predicted octanol–water partition coefficient (Wildman–Crippen LogP) is 3.10. The molecule has 2 aromatic rings. The number of likely N-dealkylation sites (N-methyl/N-ethyl adjacent to an activating group) is 1. The maximum Gasteiger partial charge on any atom is 0.251 e. The average molecular weight is 409 g/mol. The van der Waals surface area contributed by atoms with Gasteiger partial charge in [0.25, 0.3) is 5.91 Å². The summed E-state index contributed by atoms with van der Waals surface area (Å²) >= 11 is 0. The van der Waals surface area contributed by atoms with Gasteiger partial charge in [-0.3, -0.25) is 14.5 Å². The number of hydrogen-bond donors (Lipinski definition) is 2. The van der Waals surface area contributed by atoms with Gasteiger partial charge in [0.1, 0.15) is 0 Å². The zero-order valence-corrected chi connectivity index (χ0v) is 18.0. The number of benzene rings is 2. The Morgan fingerprint density at radius 3 is 2.23 bits per heavy atom. The first-order valence-electron chi connectivity index (χ1n) is 10.8. The minimum atomic E-state index is -0.152.